The van der Waals surface area contributed by atoms with Gasteiger partial charge in [0.2, 0.25) is 0 Å². The fourth-order valence-electron chi connectivity index (χ4n) is 2.14. The van der Waals surface area contributed by atoms with Gasteiger partial charge in [-0.3, -0.25) is 4.79 Å². The molecule has 0 spiro atoms. The van der Waals surface area contributed by atoms with Crippen molar-refractivity contribution in [1.82, 2.24) is 0 Å². The van der Waals surface area contributed by atoms with Crippen LogP contribution >= 0.6 is 23.2 Å². The molecule has 0 heterocycles. The Morgan fingerprint density at radius 3 is 2.43 bits per heavy atom. The molecule has 3 aromatic carbocycles. The van der Waals surface area contributed by atoms with Crippen molar-refractivity contribution in [3.63, 3.8) is 0 Å². The molecule has 3 rings (SSSR count). The van der Waals surface area contributed by atoms with E-state index in [0.717, 1.165) is 16.5 Å². The minimum absolute atomic E-state index is 0.280. The molecule has 1 amide bonds. The number of fused-ring (bicyclic) bond motifs is 1. The average molecular weight is 316 g/mol. The van der Waals surface area contributed by atoms with E-state index in [2.05, 4.69) is 5.32 Å². The zero-order chi connectivity index (χ0) is 14.8. The molecule has 0 radical (unpaired) electrons. The van der Waals surface area contributed by atoms with Gasteiger partial charge < -0.3 is 5.32 Å². The van der Waals surface area contributed by atoms with Gasteiger partial charge in [0.25, 0.3) is 5.91 Å². The van der Waals surface area contributed by atoms with E-state index in [-0.39, 0.29) is 5.91 Å². The minimum Gasteiger partial charge on any atom is -0.322 e. The molecule has 0 fully saturated rings. The smallest absolute Gasteiger partial charge is 0.257 e. The first-order valence-electron chi connectivity index (χ1n) is 6.39. The molecule has 0 saturated carbocycles. The van der Waals surface area contributed by atoms with Crippen LogP contribution in [0.4, 0.5) is 5.69 Å². The quantitative estimate of drug-likeness (QED) is 0.674. The normalized spacial score (nSPS) is 10.6. The van der Waals surface area contributed by atoms with Gasteiger partial charge in [-0.1, -0.05) is 53.5 Å². The summed E-state index contributed by atoms with van der Waals surface area (Å²) >= 11 is 11.9. The second-order valence-electron chi connectivity index (χ2n) is 4.64. The zero-order valence-electron chi connectivity index (χ0n) is 10.9. The average Bonchev–Trinajstić information content (AvgIpc) is 2.49. The van der Waals surface area contributed by atoms with E-state index in [1.807, 2.05) is 42.5 Å². The lowest BCUT2D eigenvalue weighted by molar-refractivity contribution is 0.102. The maximum absolute atomic E-state index is 12.3. The van der Waals surface area contributed by atoms with E-state index in [9.17, 15) is 4.79 Å². The number of amides is 1. The van der Waals surface area contributed by atoms with Crippen molar-refractivity contribution >= 4 is 45.6 Å². The lowest BCUT2D eigenvalue weighted by Gasteiger charge is -2.08. The topological polar surface area (TPSA) is 29.1 Å². The Balaban J connectivity index is 1.90. The van der Waals surface area contributed by atoms with Crippen molar-refractivity contribution in [2.75, 3.05) is 5.32 Å². The van der Waals surface area contributed by atoms with Crippen molar-refractivity contribution in [3.05, 3.63) is 76.3 Å². The number of carbonyl (C=O) groups is 1. The van der Waals surface area contributed by atoms with Gasteiger partial charge in [0.05, 0.1) is 10.6 Å². The molecular formula is C17H11Cl2NO. The van der Waals surface area contributed by atoms with Gasteiger partial charge in [-0.2, -0.15) is 0 Å². The van der Waals surface area contributed by atoms with Crippen LogP contribution in [0.25, 0.3) is 10.8 Å². The second-order valence-corrected chi connectivity index (χ2v) is 5.48. The predicted molar refractivity (Wildman–Crippen MR) is 88.4 cm³/mol. The molecule has 4 heteroatoms. The van der Waals surface area contributed by atoms with Crippen molar-refractivity contribution in [2.24, 2.45) is 0 Å². The van der Waals surface area contributed by atoms with E-state index in [1.54, 1.807) is 18.2 Å². The van der Waals surface area contributed by atoms with Crippen molar-refractivity contribution < 1.29 is 4.79 Å². The Bertz CT molecular complexity index is 830. The predicted octanol–water partition coefficient (Wildman–Crippen LogP) is 5.40. The summed E-state index contributed by atoms with van der Waals surface area (Å²) < 4.78 is 0. The summed E-state index contributed by atoms with van der Waals surface area (Å²) in [5, 5.41) is 5.87. The monoisotopic (exact) mass is 315 g/mol. The number of nitrogens with one attached hydrogen (secondary N) is 1. The van der Waals surface area contributed by atoms with Crippen LogP contribution in [0.1, 0.15) is 10.4 Å². The number of hydrogen-bond donors (Lipinski definition) is 1. The molecule has 21 heavy (non-hydrogen) atoms. The van der Waals surface area contributed by atoms with Gasteiger partial charge in [-0.25, -0.2) is 0 Å². The SMILES string of the molecule is O=C(Nc1ccc2ccccc2c1)c1cc(Cl)ccc1Cl. The first-order chi connectivity index (χ1) is 10.1. The van der Waals surface area contributed by atoms with Crippen LogP contribution in [0.5, 0.6) is 0 Å². The largest absolute Gasteiger partial charge is 0.322 e. The fourth-order valence-corrected chi connectivity index (χ4v) is 2.51. The van der Waals surface area contributed by atoms with E-state index < -0.39 is 0 Å². The summed E-state index contributed by atoms with van der Waals surface area (Å²) in [5.41, 5.74) is 1.08. The summed E-state index contributed by atoms with van der Waals surface area (Å²) in [6, 6.07) is 18.5. The zero-order valence-corrected chi connectivity index (χ0v) is 12.4. The van der Waals surface area contributed by atoms with Crippen LogP contribution in [-0.4, -0.2) is 5.91 Å². The molecule has 0 aliphatic carbocycles. The Kier molecular flexibility index (Phi) is 3.82. The number of hydrogen-bond acceptors (Lipinski definition) is 1. The van der Waals surface area contributed by atoms with E-state index >= 15 is 0 Å². The van der Waals surface area contributed by atoms with Gasteiger partial charge >= 0.3 is 0 Å². The maximum Gasteiger partial charge on any atom is 0.257 e. The van der Waals surface area contributed by atoms with Crippen molar-refractivity contribution in [2.45, 2.75) is 0 Å². The van der Waals surface area contributed by atoms with E-state index in [0.29, 0.717) is 15.6 Å². The van der Waals surface area contributed by atoms with Gasteiger partial charge in [-0.15, -0.1) is 0 Å². The summed E-state index contributed by atoms with van der Waals surface area (Å²) in [4.78, 5) is 12.3. The maximum atomic E-state index is 12.3. The molecule has 0 saturated heterocycles. The molecule has 0 aliphatic heterocycles. The van der Waals surface area contributed by atoms with Crippen LogP contribution in [0.2, 0.25) is 10.0 Å². The Labute approximate surface area is 132 Å². The van der Waals surface area contributed by atoms with Crippen LogP contribution in [0, 0.1) is 0 Å². The Morgan fingerprint density at radius 1 is 0.857 bits per heavy atom. The first kappa shape index (κ1) is 13.9. The van der Waals surface area contributed by atoms with Crippen LogP contribution in [-0.2, 0) is 0 Å². The van der Waals surface area contributed by atoms with E-state index in [1.165, 1.54) is 0 Å². The van der Waals surface area contributed by atoms with Crippen LogP contribution < -0.4 is 5.32 Å². The highest BCUT2D eigenvalue weighted by molar-refractivity contribution is 6.36. The summed E-state index contributed by atoms with van der Waals surface area (Å²) in [5.74, 6) is -0.280. The third-order valence-corrected chi connectivity index (χ3v) is 3.75. The summed E-state index contributed by atoms with van der Waals surface area (Å²) in [7, 11) is 0. The Hall–Kier alpha value is -2.03. The van der Waals surface area contributed by atoms with Gasteiger partial charge in [0.15, 0.2) is 0 Å². The molecule has 0 aromatic heterocycles. The summed E-state index contributed by atoms with van der Waals surface area (Å²) in [6.45, 7) is 0. The van der Waals surface area contributed by atoms with Crippen molar-refractivity contribution in [1.29, 1.82) is 0 Å². The molecule has 104 valence electrons. The standard InChI is InChI=1S/C17H11Cl2NO/c18-13-6-8-16(19)15(10-13)17(21)20-14-7-5-11-3-1-2-4-12(11)9-14/h1-10H,(H,20,21). The molecule has 1 N–H and O–H groups in total. The first-order valence-corrected chi connectivity index (χ1v) is 7.14. The third-order valence-electron chi connectivity index (χ3n) is 3.18. The highest BCUT2D eigenvalue weighted by atomic mass is 35.5. The number of benzene rings is 3. The lowest BCUT2D eigenvalue weighted by atomic mass is 10.1. The van der Waals surface area contributed by atoms with Gasteiger partial charge in [-0.05, 0) is 41.1 Å². The summed E-state index contributed by atoms with van der Waals surface area (Å²) in [6.07, 6.45) is 0. The Morgan fingerprint density at radius 2 is 1.62 bits per heavy atom. The minimum atomic E-state index is -0.280. The molecule has 0 bridgehead atoms. The highest BCUT2D eigenvalue weighted by Gasteiger charge is 2.11. The van der Waals surface area contributed by atoms with E-state index in [4.69, 9.17) is 23.2 Å². The van der Waals surface area contributed by atoms with Gasteiger partial charge in [0, 0.05) is 10.7 Å². The molecular weight excluding hydrogens is 305 g/mol. The van der Waals surface area contributed by atoms with Crippen molar-refractivity contribution in [3.8, 4) is 0 Å². The number of carbonyl (C=O) groups excluding carboxylic acids is 1. The highest BCUT2D eigenvalue weighted by Crippen LogP contribution is 2.23. The molecule has 2 nitrogen and oxygen atoms in total. The number of rotatable bonds is 2. The van der Waals surface area contributed by atoms with Crippen LogP contribution in [0.15, 0.2) is 60.7 Å². The fraction of sp³-hybridized carbons (Fsp3) is 0. The number of halogens is 2. The molecule has 0 aliphatic rings. The van der Waals surface area contributed by atoms with Gasteiger partial charge in [0.1, 0.15) is 0 Å². The lowest BCUT2D eigenvalue weighted by Crippen LogP contribution is -2.12. The third kappa shape index (κ3) is 3.02. The molecule has 0 unspecified atom stereocenters. The number of anilines is 1. The van der Waals surface area contributed by atoms with Crippen LogP contribution in [0.3, 0.4) is 0 Å². The molecule has 0 atom stereocenters. The molecule has 3 aromatic rings. The second kappa shape index (κ2) is 5.76.